The summed E-state index contributed by atoms with van der Waals surface area (Å²) in [7, 11) is 1.64. The molecule has 1 aliphatic rings. The summed E-state index contributed by atoms with van der Waals surface area (Å²) < 4.78 is 10.2. The van der Waals surface area contributed by atoms with Crippen molar-refractivity contribution in [1.29, 1.82) is 0 Å². The average molecular weight is 256 g/mol. The third-order valence-electron chi connectivity index (χ3n) is 3.65. The van der Waals surface area contributed by atoms with E-state index < -0.39 is 5.97 Å². The predicted molar refractivity (Wildman–Crippen MR) is 67.8 cm³/mol. The van der Waals surface area contributed by atoms with E-state index in [4.69, 9.17) is 9.47 Å². The maximum Gasteiger partial charge on any atom is 0.317 e. The summed E-state index contributed by atoms with van der Waals surface area (Å²) in [6.45, 7) is 10.1. The van der Waals surface area contributed by atoms with Crippen LogP contribution in [0.5, 0.6) is 0 Å². The quantitative estimate of drug-likeness (QED) is 0.572. The van der Waals surface area contributed by atoms with Crippen LogP contribution in [-0.2, 0) is 19.1 Å². The van der Waals surface area contributed by atoms with Gasteiger partial charge >= 0.3 is 11.9 Å². The van der Waals surface area contributed by atoms with Crippen LogP contribution >= 0.6 is 0 Å². The molecule has 0 aromatic rings. The van der Waals surface area contributed by atoms with Crippen LogP contribution in [0.1, 0.15) is 41.0 Å². The molecule has 0 aromatic heterocycles. The van der Waals surface area contributed by atoms with Gasteiger partial charge in [0, 0.05) is 7.11 Å². The highest BCUT2D eigenvalue weighted by molar-refractivity contribution is 5.96. The van der Waals surface area contributed by atoms with Crippen molar-refractivity contribution in [1.82, 2.24) is 0 Å². The summed E-state index contributed by atoms with van der Waals surface area (Å²) in [6, 6.07) is 0. The molecule has 104 valence electrons. The summed E-state index contributed by atoms with van der Waals surface area (Å²) in [5.74, 6) is -1.39. The number of ether oxygens (including phenoxy) is 2. The number of methoxy groups -OCH3 is 1. The number of carbonyl (C=O) groups excluding carboxylic acids is 2. The first-order valence-electron chi connectivity index (χ1n) is 6.46. The van der Waals surface area contributed by atoms with Crippen LogP contribution in [0.15, 0.2) is 0 Å². The van der Waals surface area contributed by atoms with Crippen LogP contribution in [-0.4, -0.2) is 25.2 Å². The Bertz CT molecular complexity index is 327. The number of hydrogen-bond donors (Lipinski definition) is 0. The van der Waals surface area contributed by atoms with Crippen LogP contribution in [0.25, 0.3) is 0 Å². The number of esters is 2. The summed E-state index contributed by atoms with van der Waals surface area (Å²) in [4.78, 5) is 23.5. The van der Waals surface area contributed by atoms with Gasteiger partial charge in [-0.3, -0.25) is 9.59 Å². The van der Waals surface area contributed by atoms with Crippen molar-refractivity contribution in [3.63, 3.8) is 0 Å². The second-order valence-electron chi connectivity index (χ2n) is 6.44. The fourth-order valence-corrected chi connectivity index (χ4v) is 2.57. The van der Waals surface area contributed by atoms with Crippen LogP contribution in [0.3, 0.4) is 0 Å². The minimum Gasteiger partial charge on any atom is -0.393 e. The van der Waals surface area contributed by atoms with E-state index in [9.17, 15) is 9.59 Å². The zero-order valence-electron chi connectivity index (χ0n) is 12.1. The highest BCUT2D eigenvalue weighted by Crippen LogP contribution is 2.37. The predicted octanol–water partition coefficient (Wildman–Crippen LogP) is 2.41. The third-order valence-corrected chi connectivity index (χ3v) is 3.65. The van der Waals surface area contributed by atoms with Gasteiger partial charge in [-0.15, -0.1) is 0 Å². The first-order chi connectivity index (χ1) is 8.18. The highest BCUT2D eigenvalue weighted by Gasteiger charge is 2.47. The van der Waals surface area contributed by atoms with Crippen molar-refractivity contribution in [2.45, 2.75) is 47.1 Å². The molecule has 4 heteroatoms. The second-order valence-corrected chi connectivity index (χ2v) is 6.44. The Balaban J connectivity index is 2.86. The smallest absolute Gasteiger partial charge is 0.317 e. The van der Waals surface area contributed by atoms with E-state index >= 15 is 0 Å². The molecule has 4 nitrogen and oxygen atoms in total. The Labute approximate surface area is 109 Å². The molecule has 0 aliphatic carbocycles. The molecule has 1 saturated heterocycles. The molecule has 3 unspecified atom stereocenters. The lowest BCUT2D eigenvalue weighted by Crippen LogP contribution is -2.34. The van der Waals surface area contributed by atoms with E-state index in [1.807, 2.05) is 13.8 Å². The number of rotatable bonds is 4. The summed E-state index contributed by atoms with van der Waals surface area (Å²) in [5, 5.41) is 0. The largest absolute Gasteiger partial charge is 0.393 e. The van der Waals surface area contributed by atoms with Gasteiger partial charge in [-0.2, -0.15) is 0 Å². The fraction of sp³-hybridized carbons (Fsp3) is 0.857. The van der Waals surface area contributed by atoms with Gasteiger partial charge in [0.05, 0.1) is 17.9 Å². The minimum atomic E-state index is -0.398. The van der Waals surface area contributed by atoms with Gasteiger partial charge in [-0.1, -0.05) is 34.6 Å². The standard InChI is InChI=1S/C14H24O4/c1-8(2)11-9(12(15)18-13(11)16)7-10(17-6)14(3,4)5/h8-11H,7H2,1-6H3. The molecule has 1 heterocycles. The van der Waals surface area contributed by atoms with Gasteiger partial charge in [-0.25, -0.2) is 0 Å². The molecule has 0 radical (unpaired) electrons. The Morgan fingerprint density at radius 2 is 1.78 bits per heavy atom. The lowest BCUT2D eigenvalue weighted by Gasteiger charge is -2.31. The number of carbonyl (C=O) groups is 2. The van der Waals surface area contributed by atoms with Crippen molar-refractivity contribution in [2.75, 3.05) is 7.11 Å². The third kappa shape index (κ3) is 3.10. The van der Waals surface area contributed by atoms with Crippen LogP contribution in [0.4, 0.5) is 0 Å². The minimum absolute atomic E-state index is 0.0673. The maximum atomic E-state index is 11.8. The summed E-state index contributed by atoms with van der Waals surface area (Å²) in [5.41, 5.74) is -0.0673. The van der Waals surface area contributed by atoms with Gasteiger partial charge in [0.2, 0.25) is 0 Å². The van der Waals surface area contributed by atoms with Gasteiger partial charge in [-0.05, 0) is 17.8 Å². The normalized spacial score (nSPS) is 26.6. The fourth-order valence-electron chi connectivity index (χ4n) is 2.57. The van der Waals surface area contributed by atoms with Crippen molar-refractivity contribution in [2.24, 2.45) is 23.2 Å². The Morgan fingerprint density at radius 1 is 1.22 bits per heavy atom. The zero-order chi connectivity index (χ0) is 14.1. The van der Waals surface area contributed by atoms with Crippen LogP contribution in [0.2, 0.25) is 0 Å². The van der Waals surface area contributed by atoms with E-state index in [1.54, 1.807) is 7.11 Å². The van der Waals surface area contributed by atoms with E-state index in [2.05, 4.69) is 20.8 Å². The molecule has 1 fully saturated rings. The first-order valence-corrected chi connectivity index (χ1v) is 6.46. The SMILES string of the molecule is COC(CC1C(=O)OC(=O)C1C(C)C)C(C)(C)C. The van der Waals surface area contributed by atoms with Crippen LogP contribution < -0.4 is 0 Å². The molecule has 1 rings (SSSR count). The molecule has 3 atom stereocenters. The summed E-state index contributed by atoms with van der Waals surface area (Å²) >= 11 is 0. The molecule has 1 aliphatic heterocycles. The lowest BCUT2D eigenvalue weighted by molar-refractivity contribution is -0.154. The highest BCUT2D eigenvalue weighted by atomic mass is 16.6. The molecule has 0 amide bonds. The van der Waals surface area contributed by atoms with Crippen molar-refractivity contribution >= 4 is 11.9 Å². The van der Waals surface area contributed by atoms with Gasteiger partial charge < -0.3 is 9.47 Å². The Morgan fingerprint density at radius 3 is 2.17 bits per heavy atom. The topological polar surface area (TPSA) is 52.6 Å². The number of hydrogen-bond acceptors (Lipinski definition) is 4. The van der Waals surface area contributed by atoms with Crippen molar-refractivity contribution in [3.8, 4) is 0 Å². The zero-order valence-corrected chi connectivity index (χ0v) is 12.1. The second kappa shape index (κ2) is 5.39. The van der Waals surface area contributed by atoms with Crippen molar-refractivity contribution in [3.05, 3.63) is 0 Å². The van der Waals surface area contributed by atoms with E-state index in [-0.39, 0.29) is 35.2 Å². The molecular weight excluding hydrogens is 232 g/mol. The lowest BCUT2D eigenvalue weighted by atomic mass is 9.77. The average Bonchev–Trinajstić information content (AvgIpc) is 2.47. The molecule has 0 N–H and O–H groups in total. The van der Waals surface area contributed by atoms with E-state index in [0.29, 0.717) is 6.42 Å². The first kappa shape index (κ1) is 15.2. The van der Waals surface area contributed by atoms with Gasteiger partial charge in [0.15, 0.2) is 0 Å². The maximum absolute atomic E-state index is 11.8. The van der Waals surface area contributed by atoms with Crippen molar-refractivity contribution < 1.29 is 19.1 Å². The van der Waals surface area contributed by atoms with E-state index in [1.165, 1.54) is 0 Å². The number of cyclic esters (lactones) is 2. The molecule has 0 spiro atoms. The molecule has 0 aromatic carbocycles. The molecule has 18 heavy (non-hydrogen) atoms. The van der Waals surface area contributed by atoms with Crippen LogP contribution in [0, 0.1) is 23.2 Å². The molecular formula is C14H24O4. The monoisotopic (exact) mass is 256 g/mol. The van der Waals surface area contributed by atoms with Gasteiger partial charge in [0.1, 0.15) is 0 Å². The Kier molecular flexibility index (Phi) is 4.54. The molecule has 0 saturated carbocycles. The molecule has 0 bridgehead atoms. The Hall–Kier alpha value is -0.900. The summed E-state index contributed by atoms with van der Waals surface area (Å²) in [6.07, 6.45) is 0.468. The van der Waals surface area contributed by atoms with Gasteiger partial charge in [0.25, 0.3) is 0 Å². The van der Waals surface area contributed by atoms with E-state index in [0.717, 1.165) is 0 Å².